The predicted octanol–water partition coefficient (Wildman–Crippen LogP) is 0.420. The van der Waals surface area contributed by atoms with E-state index in [1.165, 1.54) is 6.33 Å². The first kappa shape index (κ1) is 9.32. The largest absolute Gasteiger partial charge is 0.478 e. The standard InChI is InChI=1S/C9H8N4O2/c14-9(15)8-3-1-7(2-4-8)5-13-6-10-11-12-13/h1-4,6H,5H2,(H,14,15). The Kier molecular flexibility index (Phi) is 2.40. The molecule has 15 heavy (non-hydrogen) atoms. The number of benzene rings is 1. The average molecular weight is 204 g/mol. The van der Waals surface area contributed by atoms with Crippen molar-refractivity contribution in [3.63, 3.8) is 0 Å². The number of hydrogen-bond donors (Lipinski definition) is 1. The lowest BCUT2D eigenvalue weighted by Crippen LogP contribution is -2.01. The van der Waals surface area contributed by atoms with E-state index in [0.717, 1.165) is 5.56 Å². The number of carboxylic acid groups (broad SMARTS) is 1. The van der Waals surface area contributed by atoms with Gasteiger partial charge in [0, 0.05) is 0 Å². The Bertz CT molecular complexity index is 449. The average Bonchev–Trinajstić information content (AvgIpc) is 2.71. The molecule has 0 bridgehead atoms. The third-order valence-electron chi connectivity index (χ3n) is 1.94. The van der Waals surface area contributed by atoms with Gasteiger partial charge >= 0.3 is 5.97 Å². The van der Waals surface area contributed by atoms with Crippen LogP contribution in [0.1, 0.15) is 15.9 Å². The van der Waals surface area contributed by atoms with Crippen molar-refractivity contribution in [3.05, 3.63) is 41.7 Å². The van der Waals surface area contributed by atoms with Crippen molar-refractivity contribution in [2.45, 2.75) is 6.54 Å². The van der Waals surface area contributed by atoms with E-state index in [-0.39, 0.29) is 5.56 Å². The number of carboxylic acids is 1. The van der Waals surface area contributed by atoms with E-state index in [0.29, 0.717) is 6.54 Å². The first-order valence-electron chi connectivity index (χ1n) is 4.29. The first-order chi connectivity index (χ1) is 7.25. The second-order valence-electron chi connectivity index (χ2n) is 3.01. The normalized spacial score (nSPS) is 10.1. The van der Waals surface area contributed by atoms with Gasteiger partial charge in [0.1, 0.15) is 6.33 Å². The number of carbonyl (C=O) groups is 1. The molecule has 1 aromatic heterocycles. The molecule has 76 valence electrons. The van der Waals surface area contributed by atoms with Crippen LogP contribution in [-0.4, -0.2) is 31.3 Å². The van der Waals surface area contributed by atoms with Crippen molar-refractivity contribution in [2.24, 2.45) is 0 Å². The van der Waals surface area contributed by atoms with Crippen LogP contribution in [0.5, 0.6) is 0 Å². The molecule has 0 atom stereocenters. The number of aromatic nitrogens is 4. The zero-order valence-corrected chi connectivity index (χ0v) is 7.74. The summed E-state index contributed by atoms with van der Waals surface area (Å²) in [6.45, 7) is 0.535. The van der Waals surface area contributed by atoms with E-state index >= 15 is 0 Å². The molecule has 1 N–H and O–H groups in total. The Balaban J connectivity index is 2.14. The topological polar surface area (TPSA) is 80.9 Å². The van der Waals surface area contributed by atoms with Gasteiger partial charge in [-0.15, -0.1) is 5.10 Å². The van der Waals surface area contributed by atoms with E-state index in [1.807, 2.05) is 0 Å². The van der Waals surface area contributed by atoms with E-state index < -0.39 is 5.97 Å². The molecule has 0 amide bonds. The molecule has 2 rings (SSSR count). The molecule has 1 heterocycles. The fourth-order valence-corrected chi connectivity index (χ4v) is 1.19. The highest BCUT2D eigenvalue weighted by Crippen LogP contribution is 2.05. The number of nitrogens with zero attached hydrogens (tertiary/aromatic N) is 4. The summed E-state index contributed by atoms with van der Waals surface area (Å²) in [5.74, 6) is -0.927. The molecular weight excluding hydrogens is 196 g/mol. The van der Waals surface area contributed by atoms with Crippen molar-refractivity contribution in [1.29, 1.82) is 0 Å². The molecule has 0 spiro atoms. The summed E-state index contributed by atoms with van der Waals surface area (Å²) in [4.78, 5) is 10.6. The lowest BCUT2D eigenvalue weighted by Gasteiger charge is -2.00. The zero-order chi connectivity index (χ0) is 10.7. The summed E-state index contributed by atoms with van der Waals surface area (Å²) in [6, 6.07) is 6.60. The molecule has 0 unspecified atom stereocenters. The molecular formula is C9H8N4O2. The van der Waals surface area contributed by atoms with Gasteiger partial charge in [0.25, 0.3) is 0 Å². The Labute approximate surface area is 85.2 Å². The summed E-state index contributed by atoms with van der Waals surface area (Å²) >= 11 is 0. The highest BCUT2D eigenvalue weighted by Gasteiger charge is 2.02. The van der Waals surface area contributed by atoms with E-state index in [4.69, 9.17) is 5.11 Å². The third-order valence-corrected chi connectivity index (χ3v) is 1.94. The molecule has 0 radical (unpaired) electrons. The van der Waals surface area contributed by atoms with Crippen LogP contribution in [0.15, 0.2) is 30.6 Å². The van der Waals surface area contributed by atoms with Crippen LogP contribution < -0.4 is 0 Å². The molecule has 0 saturated heterocycles. The van der Waals surface area contributed by atoms with Crippen molar-refractivity contribution in [3.8, 4) is 0 Å². The van der Waals surface area contributed by atoms with Gasteiger partial charge in [0.2, 0.25) is 0 Å². The minimum Gasteiger partial charge on any atom is -0.478 e. The van der Waals surface area contributed by atoms with E-state index in [9.17, 15) is 4.79 Å². The van der Waals surface area contributed by atoms with Gasteiger partial charge < -0.3 is 5.11 Å². The van der Waals surface area contributed by atoms with E-state index in [2.05, 4.69) is 15.5 Å². The lowest BCUT2D eigenvalue weighted by atomic mass is 10.1. The maximum Gasteiger partial charge on any atom is 0.335 e. The van der Waals surface area contributed by atoms with Crippen molar-refractivity contribution in [2.75, 3.05) is 0 Å². The summed E-state index contributed by atoms with van der Waals surface area (Å²) in [6.07, 6.45) is 1.51. The number of rotatable bonds is 3. The first-order valence-corrected chi connectivity index (χ1v) is 4.29. The maximum absolute atomic E-state index is 10.6. The smallest absolute Gasteiger partial charge is 0.335 e. The van der Waals surface area contributed by atoms with Crippen LogP contribution in [0.3, 0.4) is 0 Å². The Morgan fingerprint density at radius 3 is 2.60 bits per heavy atom. The van der Waals surface area contributed by atoms with Crippen molar-refractivity contribution >= 4 is 5.97 Å². The molecule has 0 aliphatic heterocycles. The van der Waals surface area contributed by atoms with Crippen LogP contribution in [0.4, 0.5) is 0 Å². The summed E-state index contributed by atoms with van der Waals surface area (Å²) in [7, 11) is 0. The monoisotopic (exact) mass is 204 g/mol. The second kappa shape index (κ2) is 3.87. The Hall–Kier alpha value is -2.24. The summed E-state index contributed by atoms with van der Waals surface area (Å²) in [5, 5.41) is 19.4. The fraction of sp³-hybridized carbons (Fsp3) is 0.111. The fourth-order valence-electron chi connectivity index (χ4n) is 1.19. The van der Waals surface area contributed by atoms with Crippen molar-refractivity contribution < 1.29 is 9.90 Å². The van der Waals surface area contributed by atoms with Crippen LogP contribution >= 0.6 is 0 Å². The number of hydrogen-bond acceptors (Lipinski definition) is 4. The quantitative estimate of drug-likeness (QED) is 0.783. The summed E-state index contributed by atoms with van der Waals surface area (Å²) in [5.41, 5.74) is 1.22. The molecule has 0 fully saturated rings. The van der Waals surface area contributed by atoms with Gasteiger partial charge in [-0.1, -0.05) is 12.1 Å². The van der Waals surface area contributed by atoms with Gasteiger partial charge in [-0.3, -0.25) is 0 Å². The third kappa shape index (κ3) is 2.16. The van der Waals surface area contributed by atoms with Crippen LogP contribution in [0.2, 0.25) is 0 Å². The molecule has 0 aliphatic carbocycles. The minimum atomic E-state index is -0.927. The summed E-state index contributed by atoms with van der Waals surface area (Å²) < 4.78 is 1.57. The van der Waals surface area contributed by atoms with Gasteiger partial charge in [0.05, 0.1) is 12.1 Å². The van der Waals surface area contributed by atoms with Crippen molar-refractivity contribution in [1.82, 2.24) is 20.2 Å². The maximum atomic E-state index is 10.6. The molecule has 1 aromatic carbocycles. The molecule has 6 heteroatoms. The second-order valence-corrected chi connectivity index (χ2v) is 3.01. The lowest BCUT2D eigenvalue weighted by molar-refractivity contribution is 0.0697. The molecule has 2 aromatic rings. The van der Waals surface area contributed by atoms with Crippen LogP contribution in [0.25, 0.3) is 0 Å². The molecule has 0 saturated carbocycles. The molecule has 6 nitrogen and oxygen atoms in total. The Morgan fingerprint density at radius 1 is 1.33 bits per heavy atom. The predicted molar refractivity (Wildman–Crippen MR) is 50.3 cm³/mol. The SMILES string of the molecule is O=C(O)c1ccc(Cn2cnnn2)cc1. The molecule has 0 aliphatic rings. The minimum absolute atomic E-state index is 0.274. The van der Waals surface area contributed by atoms with E-state index in [1.54, 1.807) is 28.9 Å². The number of aromatic carboxylic acids is 1. The highest BCUT2D eigenvalue weighted by atomic mass is 16.4. The van der Waals surface area contributed by atoms with Gasteiger partial charge in [-0.25, -0.2) is 9.48 Å². The highest BCUT2D eigenvalue weighted by molar-refractivity contribution is 5.87. The Morgan fingerprint density at radius 2 is 2.07 bits per heavy atom. The zero-order valence-electron chi connectivity index (χ0n) is 7.74. The van der Waals surface area contributed by atoms with Gasteiger partial charge in [-0.2, -0.15) is 0 Å². The van der Waals surface area contributed by atoms with Crippen LogP contribution in [0, 0.1) is 0 Å². The van der Waals surface area contributed by atoms with Crippen LogP contribution in [-0.2, 0) is 6.54 Å². The van der Waals surface area contributed by atoms with Gasteiger partial charge in [-0.05, 0) is 28.1 Å². The van der Waals surface area contributed by atoms with Gasteiger partial charge in [0.15, 0.2) is 0 Å². The number of tetrazole rings is 1.